The molecule has 0 aromatic heterocycles. The number of nitro benzene ring substituents is 1. The third-order valence-electron chi connectivity index (χ3n) is 4.47. The fourth-order valence-corrected chi connectivity index (χ4v) is 3.54. The molecule has 0 saturated carbocycles. The minimum atomic E-state index is -0.543. The zero-order valence-corrected chi connectivity index (χ0v) is 18.5. The van der Waals surface area contributed by atoms with Crippen molar-refractivity contribution in [1.29, 1.82) is 5.26 Å². The molecule has 3 aromatic rings. The van der Waals surface area contributed by atoms with Crippen molar-refractivity contribution in [3.8, 4) is 11.8 Å². The highest BCUT2D eigenvalue weighted by molar-refractivity contribution is 6.37. The number of hydrogen-bond acceptors (Lipinski definition) is 6. The monoisotopic (exact) mass is 482 g/mol. The lowest BCUT2D eigenvalue weighted by atomic mass is 10.1. The highest BCUT2D eigenvalue weighted by Crippen LogP contribution is 2.34. The lowest BCUT2D eigenvalue weighted by molar-refractivity contribution is -0.385. The van der Waals surface area contributed by atoms with Gasteiger partial charge in [0.15, 0.2) is 5.75 Å². The first-order valence-corrected chi connectivity index (χ1v) is 10.3. The molecule has 1 amide bonds. The number of benzene rings is 3. The molecule has 3 aromatic carbocycles. The molecular formula is C23H16Cl2N4O4. The molecule has 0 bridgehead atoms. The summed E-state index contributed by atoms with van der Waals surface area (Å²) in [6.45, 7) is 0.109. The standard InChI is InChI=1S/C23H16Cl2N4O4/c24-19-9-15(10-20(25)23(19)33-14-18-7-2-1-6-17(18)12-26)13-27-28-22(30)11-16-5-3-4-8-21(16)29(31)32/h1-10,13H,11,14H2,(H,28,30)/b27-13+. The quantitative estimate of drug-likeness (QED) is 0.274. The number of rotatable bonds is 8. The fourth-order valence-electron chi connectivity index (χ4n) is 2.93. The second-order valence-electron chi connectivity index (χ2n) is 6.73. The molecule has 8 nitrogen and oxygen atoms in total. The van der Waals surface area contributed by atoms with Crippen LogP contribution in [0.5, 0.6) is 5.75 Å². The van der Waals surface area contributed by atoms with E-state index < -0.39 is 10.8 Å². The van der Waals surface area contributed by atoms with E-state index in [0.29, 0.717) is 16.7 Å². The van der Waals surface area contributed by atoms with Crippen LogP contribution in [0.2, 0.25) is 10.0 Å². The Hall–Kier alpha value is -3.93. The molecule has 0 saturated heterocycles. The molecule has 166 valence electrons. The number of carbonyl (C=O) groups excluding carboxylic acids is 1. The zero-order valence-electron chi connectivity index (χ0n) is 17.0. The summed E-state index contributed by atoms with van der Waals surface area (Å²) in [5.41, 5.74) is 4.15. The van der Waals surface area contributed by atoms with Crippen molar-refractivity contribution in [3.05, 3.63) is 103 Å². The third-order valence-corrected chi connectivity index (χ3v) is 5.03. The first-order valence-electron chi connectivity index (χ1n) is 9.53. The van der Waals surface area contributed by atoms with E-state index in [1.165, 1.54) is 24.4 Å². The Morgan fingerprint density at radius 3 is 2.42 bits per heavy atom. The highest BCUT2D eigenvalue weighted by Gasteiger charge is 2.15. The Bertz CT molecular complexity index is 1250. The summed E-state index contributed by atoms with van der Waals surface area (Å²) in [5, 5.41) is 24.5. The average Bonchev–Trinajstić information content (AvgIpc) is 2.79. The number of nitrogens with one attached hydrogen (secondary N) is 1. The van der Waals surface area contributed by atoms with Crippen molar-refractivity contribution in [3.63, 3.8) is 0 Å². The maximum atomic E-state index is 12.1. The van der Waals surface area contributed by atoms with Gasteiger partial charge in [-0.15, -0.1) is 0 Å². The van der Waals surface area contributed by atoms with Crippen molar-refractivity contribution in [2.45, 2.75) is 13.0 Å². The first kappa shape index (κ1) is 23.7. The van der Waals surface area contributed by atoms with Crippen LogP contribution in [0.3, 0.4) is 0 Å². The Balaban J connectivity index is 1.63. The molecule has 1 N–H and O–H groups in total. The van der Waals surface area contributed by atoms with Gasteiger partial charge in [0, 0.05) is 17.2 Å². The minimum Gasteiger partial charge on any atom is -0.486 e. The van der Waals surface area contributed by atoms with Gasteiger partial charge in [-0.25, -0.2) is 5.43 Å². The van der Waals surface area contributed by atoms with Gasteiger partial charge in [0.05, 0.1) is 39.2 Å². The lowest BCUT2D eigenvalue weighted by Gasteiger charge is -2.11. The van der Waals surface area contributed by atoms with Crippen LogP contribution in [0.25, 0.3) is 0 Å². The van der Waals surface area contributed by atoms with E-state index in [1.54, 1.807) is 42.5 Å². The molecule has 0 atom stereocenters. The largest absolute Gasteiger partial charge is 0.486 e. The van der Waals surface area contributed by atoms with Crippen LogP contribution in [0.15, 0.2) is 65.8 Å². The Kier molecular flexibility index (Phi) is 7.97. The van der Waals surface area contributed by atoms with E-state index in [9.17, 15) is 20.2 Å². The molecule has 0 fully saturated rings. The number of nitrogens with zero attached hydrogens (tertiary/aromatic N) is 3. The number of halogens is 2. The van der Waals surface area contributed by atoms with Gasteiger partial charge >= 0.3 is 0 Å². The van der Waals surface area contributed by atoms with Gasteiger partial charge < -0.3 is 4.74 Å². The molecule has 10 heteroatoms. The minimum absolute atomic E-state index is 0.109. The van der Waals surface area contributed by atoms with Crippen molar-refractivity contribution in [1.82, 2.24) is 5.43 Å². The molecule has 0 unspecified atom stereocenters. The summed E-state index contributed by atoms with van der Waals surface area (Å²) in [6, 6.07) is 18.2. The van der Waals surface area contributed by atoms with Gasteiger partial charge in [0.2, 0.25) is 5.91 Å². The van der Waals surface area contributed by atoms with E-state index in [1.807, 2.05) is 0 Å². The predicted molar refractivity (Wildman–Crippen MR) is 124 cm³/mol. The van der Waals surface area contributed by atoms with Crippen molar-refractivity contribution >= 4 is 41.0 Å². The second kappa shape index (κ2) is 11.1. The molecule has 33 heavy (non-hydrogen) atoms. The average molecular weight is 483 g/mol. The fraction of sp³-hybridized carbons (Fsp3) is 0.0870. The summed E-state index contributed by atoms with van der Waals surface area (Å²) in [7, 11) is 0. The Morgan fingerprint density at radius 1 is 1.12 bits per heavy atom. The number of hydrogen-bond donors (Lipinski definition) is 1. The summed E-state index contributed by atoms with van der Waals surface area (Å²) in [4.78, 5) is 22.6. The van der Waals surface area contributed by atoms with E-state index in [-0.39, 0.29) is 40.1 Å². The summed E-state index contributed by atoms with van der Waals surface area (Å²) in [6.07, 6.45) is 1.14. The van der Waals surface area contributed by atoms with E-state index in [2.05, 4.69) is 16.6 Å². The second-order valence-corrected chi connectivity index (χ2v) is 7.54. The van der Waals surface area contributed by atoms with Crippen LogP contribution in [0, 0.1) is 21.4 Å². The van der Waals surface area contributed by atoms with Crippen LogP contribution >= 0.6 is 23.2 Å². The van der Waals surface area contributed by atoms with Gasteiger partial charge in [0.1, 0.15) is 6.61 Å². The molecule has 0 aliphatic rings. The number of ether oxygens (including phenoxy) is 1. The summed E-state index contributed by atoms with van der Waals surface area (Å²) >= 11 is 12.6. The number of nitro groups is 1. The summed E-state index contributed by atoms with van der Waals surface area (Å²) in [5.74, 6) is -0.266. The van der Waals surface area contributed by atoms with Crippen LogP contribution < -0.4 is 10.2 Å². The zero-order chi connectivity index (χ0) is 23.8. The van der Waals surface area contributed by atoms with E-state index >= 15 is 0 Å². The van der Waals surface area contributed by atoms with Gasteiger partial charge in [-0.2, -0.15) is 10.4 Å². The molecule has 3 rings (SSSR count). The molecule has 0 aliphatic carbocycles. The van der Waals surface area contributed by atoms with Crippen LogP contribution in [-0.2, 0) is 17.8 Å². The van der Waals surface area contributed by atoms with E-state index in [0.717, 1.165) is 0 Å². The number of amides is 1. The van der Waals surface area contributed by atoms with Crippen molar-refractivity contribution < 1.29 is 14.5 Å². The topological polar surface area (TPSA) is 118 Å². The lowest BCUT2D eigenvalue weighted by Crippen LogP contribution is -2.20. The molecular weight excluding hydrogens is 467 g/mol. The van der Waals surface area contributed by atoms with Crippen LogP contribution in [0.4, 0.5) is 5.69 Å². The van der Waals surface area contributed by atoms with Gasteiger partial charge in [-0.1, -0.05) is 59.6 Å². The Morgan fingerprint density at radius 2 is 1.76 bits per heavy atom. The van der Waals surface area contributed by atoms with Gasteiger partial charge in [0.25, 0.3) is 5.69 Å². The molecule has 0 radical (unpaired) electrons. The summed E-state index contributed by atoms with van der Waals surface area (Å²) < 4.78 is 5.71. The SMILES string of the molecule is N#Cc1ccccc1COc1c(Cl)cc(/C=N/NC(=O)Cc2ccccc2[N+](=O)[O-])cc1Cl. The van der Waals surface area contributed by atoms with Crippen LogP contribution in [0.1, 0.15) is 22.3 Å². The predicted octanol–water partition coefficient (Wildman–Crippen LogP) is 5.05. The van der Waals surface area contributed by atoms with Crippen molar-refractivity contribution in [2.24, 2.45) is 5.10 Å². The molecule has 0 heterocycles. The molecule has 0 spiro atoms. The number of para-hydroxylation sites is 1. The smallest absolute Gasteiger partial charge is 0.273 e. The third kappa shape index (κ3) is 6.29. The van der Waals surface area contributed by atoms with Gasteiger partial charge in [-0.3, -0.25) is 14.9 Å². The first-order chi connectivity index (χ1) is 15.9. The Labute approximate surface area is 199 Å². The van der Waals surface area contributed by atoms with Crippen molar-refractivity contribution in [2.75, 3.05) is 0 Å². The maximum Gasteiger partial charge on any atom is 0.273 e. The van der Waals surface area contributed by atoms with Gasteiger partial charge in [-0.05, 0) is 23.8 Å². The number of carbonyl (C=O) groups is 1. The maximum absolute atomic E-state index is 12.1. The molecule has 0 aliphatic heterocycles. The highest BCUT2D eigenvalue weighted by atomic mass is 35.5. The normalized spacial score (nSPS) is 10.6. The van der Waals surface area contributed by atoms with Crippen LogP contribution in [-0.4, -0.2) is 17.0 Å². The number of nitriles is 1. The van der Waals surface area contributed by atoms with E-state index in [4.69, 9.17) is 27.9 Å². The number of hydrazone groups is 1.